The van der Waals surface area contributed by atoms with Crippen molar-refractivity contribution in [3.8, 4) is 11.8 Å². The van der Waals surface area contributed by atoms with E-state index in [1.807, 2.05) is 6.92 Å². The molecular formula is C8H12BrN3O2. The first kappa shape index (κ1) is 11.2. The molecule has 78 valence electrons. The van der Waals surface area contributed by atoms with Gasteiger partial charge in [0.2, 0.25) is 11.8 Å². The lowest BCUT2D eigenvalue weighted by Gasteiger charge is -2.10. The maximum absolute atomic E-state index is 5.55. The van der Waals surface area contributed by atoms with Gasteiger partial charge in [0, 0.05) is 6.04 Å². The van der Waals surface area contributed by atoms with E-state index in [1.54, 1.807) is 0 Å². The Kier molecular flexibility index (Phi) is 4.09. The van der Waals surface area contributed by atoms with Crippen LogP contribution in [0.25, 0.3) is 0 Å². The molecule has 0 spiro atoms. The Morgan fingerprint density at radius 2 is 2.14 bits per heavy atom. The third-order valence-electron chi connectivity index (χ3n) is 1.40. The molecule has 0 aliphatic carbocycles. The second-order valence-electron chi connectivity index (χ2n) is 2.79. The van der Waals surface area contributed by atoms with Crippen LogP contribution in [0.15, 0.2) is 10.8 Å². The molecule has 0 saturated carbocycles. The maximum atomic E-state index is 5.55. The molecule has 1 atom stereocenters. The van der Waals surface area contributed by atoms with E-state index in [4.69, 9.17) is 15.2 Å². The highest BCUT2D eigenvalue weighted by Gasteiger charge is 2.10. The van der Waals surface area contributed by atoms with Crippen molar-refractivity contribution < 1.29 is 9.47 Å². The van der Waals surface area contributed by atoms with Gasteiger partial charge in [-0.15, -0.1) is 0 Å². The number of hydrogen-bond acceptors (Lipinski definition) is 5. The van der Waals surface area contributed by atoms with Crippen LogP contribution in [0.4, 0.5) is 0 Å². The molecule has 0 aliphatic heterocycles. The minimum absolute atomic E-state index is 0.0390. The second kappa shape index (κ2) is 5.11. The van der Waals surface area contributed by atoms with Gasteiger partial charge in [0.25, 0.3) is 0 Å². The molecule has 1 unspecified atom stereocenters. The van der Waals surface area contributed by atoms with E-state index in [9.17, 15) is 0 Å². The first-order valence-corrected chi connectivity index (χ1v) is 4.87. The summed E-state index contributed by atoms with van der Waals surface area (Å²) in [5.41, 5.74) is 5.55. The fourth-order valence-corrected chi connectivity index (χ4v) is 1.27. The standard InChI is InChI=1S/C8H12BrN3O2/c1-5(10)3-14-8-6(9)7(13-2)11-4-12-8/h4-5H,3,10H2,1-2H3. The molecule has 2 N–H and O–H groups in total. The van der Waals surface area contributed by atoms with Crippen molar-refractivity contribution in [2.75, 3.05) is 13.7 Å². The normalized spacial score (nSPS) is 12.3. The number of aromatic nitrogens is 2. The van der Waals surface area contributed by atoms with Gasteiger partial charge in [-0.25, -0.2) is 9.97 Å². The molecule has 0 amide bonds. The number of hydrogen-bond donors (Lipinski definition) is 1. The van der Waals surface area contributed by atoms with Gasteiger partial charge >= 0.3 is 0 Å². The Bertz CT molecular complexity index is 307. The molecule has 0 aromatic carbocycles. The summed E-state index contributed by atoms with van der Waals surface area (Å²) in [5.74, 6) is 0.883. The predicted octanol–water partition coefficient (Wildman–Crippen LogP) is 0.974. The van der Waals surface area contributed by atoms with Gasteiger partial charge in [0.05, 0.1) is 7.11 Å². The summed E-state index contributed by atoms with van der Waals surface area (Å²) in [6, 6.07) is -0.0390. The minimum atomic E-state index is -0.0390. The largest absolute Gasteiger partial charge is 0.480 e. The molecule has 0 bridgehead atoms. The van der Waals surface area contributed by atoms with Crippen LogP contribution in [0.5, 0.6) is 11.8 Å². The van der Waals surface area contributed by atoms with Crippen LogP contribution in [0.1, 0.15) is 6.92 Å². The zero-order chi connectivity index (χ0) is 10.6. The smallest absolute Gasteiger partial charge is 0.235 e. The zero-order valence-corrected chi connectivity index (χ0v) is 9.61. The molecule has 1 heterocycles. The Morgan fingerprint density at radius 1 is 1.50 bits per heavy atom. The molecule has 1 rings (SSSR count). The Hall–Kier alpha value is -0.880. The molecule has 1 aromatic rings. The second-order valence-corrected chi connectivity index (χ2v) is 3.58. The summed E-state index contributed by atoms with van der Waals surface area (Å²) >= 11 is 3.28. The van der Waals surface area contributed by atoms with Gasteiger partial charge in [-0.2, -0.15) is 0 Å². The summed E-state index contributed by atoms with van der Waals surface area (Å²) in [7, 11) is 1.53. The number of methoxy groups -OCH3 is 1. The van der Waals surface area contributed by atoms with Crippen molar-refractivity contribution in [3.63, 3.8) is 0 Å². The SMILES string of the molecule is COc1ncnc(OCC(C)N)c1Br. The average Bonchev–Trinajstić information content (AvgIpc) is 2.16. The Labute approximate surface area is 90.8 Å². The highest BCUT2D eigenvalue weighted by atomic mass is 79.9. The number of ether oxygens (including phenoxy) is 2. The summed E-state index contributed by atoms with van der Waals surface area (Å²) < 4.78 is 10.9. The van der Waals surface area contributed by atoms with Gasteiger partial charge in [0.1, 0.15) is 17.4 Å². The van der Waals surface area contributed by atoms with E-state index in [0.29, 0.717) is 22.8 Å². The van der Waals surface area contributed by atoms with Gasteiger partial charge in [-0.05, 0) is 22.9 Å². The fraction of sp³-hybridized carbons (Fsp3) is 0.500. The first-order valence-electron chi connectivity index (χ1n) is 4.08. The van der Waals surface area contributed by atoms with Crippen molar-refractivity contribution in [2.24, 2.45) is 5.73 Å². The maximum Gasteiger partial charge on any atom is 0.235 e. The third-order valence-corrected chi connectivity index (χ3v) is 2.08. The monoisotopic (exact) mass is 261 g/mol. The van der Waals surface area contributed by atoms with Gasteiger partial charge in [-0.3, -0.25) is 0 Å². The molecule has 0 saturated heterocycles. The number of nitrogens with two attached hydrogens (primary N) is 1. The van der Waals surface area contributed by atoms with Crippen LogP contribution in [0.3, 0.4) is 0 Å². The van der Waals surface area contributed by atoms with Crippen LogP contribution in [0, 0.1) is 0 Å². The highest BCUT2D eigenvalue weighted by Crippen LogP contribution is 2.29. The first-order chi connectivity index (χ1) is 6.65. The molecule has 14 heavy (non-hydrogen) atoms. The number of rotatable bonds is 4. The molecule has 0 aliphatic rings. The van der Waals surface area contributed by atoms with Crippen LogP contribution < -0.4 is 15.2 Å². The highest BCUT2D eigenvalue weighted by molar-refractivity contribution is 9.10. The van der Waals surface area contributed by atoms with Crippen molar-refractivity contribution in [1.29, 1.82) is 0 Å². The summed E-state index contributed by atoms with van der Waals surface area (Å²) in [5, 5.41) is 0. The summed E-state index contributed by atoms with van der Waals surface area (Å²) in [4.78, 5) is 7.84. The fourth-order valence-electron chi connectivity index (χ4n) is 0.792. The molecule has 6 heteroatoms. The quantitative estimate of drug-likeness (QED) is 0.875. The Balaban J connectivity index is 2.76. The number of nitrogens with zero attached hydrogens (tertiary/aromatic N) is 2. The van der Waals surface area contributed by atoms with Crippen molar-refractivity contribution in [3.05, 3.63) is 10.8 Å². The van der Waals surface area contributed by atoms with E-state index in [1.165, 1.54) is 13.4 Å². The lowest BCUT2D eigenvalue weighted by molar-refractivity contribution is 0.279. The molecule has 5 nitrogen and oxygen atoms in total. The number of halogens is 1. The van der Waals surface area contributed by atoms with Crippen LogP contribution >= 0.6 is 15.9 Å². The lowest BCUT2D eigenvalue weighted by Crippen LogP contribution is -2.24. The average molecular weight is 262 g/mol. The summed E-state index contributed by atoms with van der Waals surface area (Å²) in [6.07, 6.45) is 1.38. The van der Waals surface area contributed by atoms with E-state index in [0.717, 1.165) is 0 Å². The molecule has 0 fully saturated rings. The minimum Gasteiger partial charge on any atom is -0.480 e. The van der Waals surface area contributed by atoms with Crippen molar-refractivity contribution >= 4 is 15.9 Å². The zero-order valence-electron chi connectivity index (χ0n) is 8.03. The van der Waals surface area contributed by atoms with E-state index >= 15 is 0 Å². The van der Waals surface area contributed by atoms with E-state index in [2.05, 4.69) is 25.9 Å². The molecule has 0 radical (unpaired) electrons. The van der Waals surface area contributed by atoms with Crippen molar-refractivity contribution in [2.45, 2.75) is 13.0 Å². The Morgan fingerprint density at radius 3 is 2.71 bits per heavy atom. The van der Waals surface area contributed by atoms with Crippen LogP contribution in [-0.4, -0.2) is 29.7 Å². The van der Waals surface area contributed by atoms with Gasteiger partial charge in [-0.1, -0.05) is 0 Å². The summed E-state index contributed by atoms with van der Waals surface area (Å²) in [6.45, 7) is 2.26. The van der Waals surface area contributed by atoms with Crippen molar-refractivity contribution in [1.82, 2.24) is 9.97 Å². The van der Waals surface area contributed by atoms with Gasteiger partial charge in [0.15, 0.2) is 0 Å². The molecular weight excluding hydrogens is 250 g/mol. The van der Waals surface area contributed by atoms with E-state index in [-0.39, 0.29) is 6.04 Å². The van der Waals surface area contributed by atoms with E-state index < -0.39 is 0 Å². The predicted molar refractivity (Wildman–Crippen MR) is 55.4 cm³/mol. The third kappa shape index (κ3) is 2.81. The topological polar surface area (TPSA) is 70.3 Å². The lowest BCUT2D eigenvalue weighted by atomic mass is 10.4. The van der Waals surface area contributed by atoms with Crippen LogP contribution in [0.2, 0.25) is 0 Å². The van der Waals surface area contributed by atoms with Gasteiger partial charge < -0.3 is 15.2 Å². The van der Waals surface area contributed by atoms with Crippen LogP contribution in [-0.2, 0) is 0 Å². The molecule has 1 aromatic heterocycles.